The number of carboxylic acid groups (broad SMARTS) is 1. The van der Waals surface area contributed by atoms with E-state index in [0.717, 1.165) is 0 Å². The number of hydrogen-bond donors (Lipinski definition) is 4. The molecule has 1 unspecified atom stereocenters. The molecule has 0 bridgehead atoms. The number of rotatable bonds is 1. The van der Waals surface area contributed by atoms with Gasteiger partial charge in [0, 0.05) is 13.0 Å². The third-order valence-electron chi connectivity index (χ3n) is 2.52. The van der Waals surface area contributed by atoms with Crippen molar-refractivity contribution in [1.29, 1.82) is 0 Å². The Morgan fingerprint density at radius 3 is 2.64 bits per heavy atom. The molecule has 7 nitrogen and oxygen atoms in total. The molecule has 4 N–H and O–H groups in total. The highest BCUT2D eigenvalue weighted by molar-refractivity contribution is 6.07. The Hall–Kier alpha value is -1.63. The van der Waals surface area contributed by atoms with Crippen LogP contribution >= 0.6 is 0 Å². The van der Waals surface area contributed by atoms with Crippen molar-refractivity contribution in [3.63, 3.8) is 0 Å². The van der Waals surface area contributed by atoms with Gasteiger partial charge in [0.25, 0.3) is 5.91 Å². The summed E-state index contributed by atoms with van der Waals surface area (Å²) in [5.74, 6) is -1.48. The fourth-order valence-electron chi connectivity index (χ4n) is 1.76. The third-order valence-corrected chi connectivity index (χ3v) is 2.52. The Balaban J connectivity index is 2.17. The van der Waals surface area contributed by atoms with Gasteiger partial charge >= 0.3 is 12.0 Å². The van der Waals surface area contributed by atoms with Crippen LogP contribution in [-0.4, -0.2) is 41.1 Å². The van der Waals surface area contributed by atoms with Gasteiger partial charge in [-0.15, -0.1) is 0 Å². The fraction of sp³-hybridized carbons (Fsp3) is 0.571. The second kappa shape index (κ2) is 2.68. The van der Waals surface area contributed by atoms with E-state index in [1.165, 1.54) is 0 Å². The lowest BCUT2D eigenvalue weighted by molar-refractivity contribution is -0.139. The Bertz CT molecular complexity index is 329. The van der Waals surface area contributed by atoms with Gasteiger partial charge in [-0.25, -0.2) is 4.79 Å². The van der Waals surface area contributed by atoms with Crippen LogP contribution in [0.3, 0.4) is 0 Å². The molecule has 2 fully saturated rings. The quantitative estimate of drug-likeness (QED) is 0.366. The van der Waals surface area contributed by atoms with Crippen LogP contribution in [0.4, 0.5) is 4.79 Å². The monoisotopic (exact) mass is 199 g/mol. The number of hydrogen-bond acceptors (Lipinski definition) is 4. The van der Waals surface area contributed by atoms with Crippen molar-refractivity contribution in [1.82, 2.24) is 16.0 Å². The van der Waals surface area contributed by atoms with Crippen molar-refractivity contribution in [2.45, 2.75) is 18.0 Å². The summed E-state index contributed by atoms with van der Waals surface area (Å²) in [5, 5.41) is 15.9. The van der Waals surface area contributed by atoms with Crippen molar-refractivity contribution in [2.24, 2.45) is 0 Å². The van der Waals surface area contributed by atoms with Gasteiger partial charge in [0.1, 0.15) is 11.6 Å². The van der Waals surface area contributed by atoms with Crippen molar-refractivity contribution in [2.75, 3.05) is 6.54 Å². The Morgan fingerprint density at radius 2 is 2.21 bits per heavy atom. The zero-order valence-electron chi connectivity index (χ0n) is 7.16. The number of amides is 3. The van der Waals surface area contributed by atoms with Crippen LogP contribution in [0.25, 0.3) is 0 Å². The van der Waals surface area contributed by atoms with Crippen LogP contribution in [0.15, 0.2) is 0 Å². The number of imide groups is 1. The number of aliphatic carboxylic acids is 1. The lowest BCUT2D eigenvalue weighted by Crippen LogP contribution is -2.48. The van der Waals surface area contributed by atoms with Crippen LogP contribution in [0.2, 0.25) is 0 Å². The molecule has 2 aliphatic heterocycles. The van der Waals surface area contributed by atoms with E-state index >= 15 is 0 Å². The lowest BCUT2D eigenvalue weighted by atomic mass is 9.96. The van der Waals surface area contributed by atoms with E-state index in [0.29, 0.717) is 0 Å². The Kier molecular flexibility index (Phi) is 1.71. The summed E-state index contributed by atoms with van der Waals surface area (Å²) in [6.45, 7) is 0.154. The summed E-state index contributed by atoms with van der Waals surface area (Å²) in [6, 6.07) is -1.35. The van der Waals surface area contributed by atoms with Gasteiger partial charge in [-0.05, 0) is 0 Å². The van der Waals surface area contributed by atoms with E-state index < -0.39 is 29.5 Å². The molecule has 7 heteroatoms. The maximum atomic E-state index is 11.3. The van der Waals surface area contributed by atoms with Crippen molar-refractivity contribution in [3.8, 4) is 0 Å². The average molecular weight is 199 g/mol. The SMILES string of the molecule is O=C1NC(=O)[C@]2(CNC(C(=O)O)C2)N1. The maximum Gasteiger partial charge on any atom is 0.322 e. The molecule has 76 valence electrons. The molecule has 0 radical (unpaired) electrons. The smallest absolute Gasteiger partial charge is 0.322 e. The standard InChI is InChI=1S/C7H9N3O4/c11-4(12)3-1-7(2-8-3)5(13)9-6(14)10-7/h3,8H,1-2H2,(H,11,12)(H2,9,10,13,14)/t3?,7-/m0/s1. The zero-order chi connectivity index (χ0) is 10.3. The molecular formula is C7H9N3O4. The highest BCUT2D eigenvalue weighted by Gasteiger charge is 2.52. The molecule has 0 saturated carbocycles. The van der Waals surface area contributed by atoms with Gasteiger partial charge in [-0.2, -0.15) is 0 Å². The molecule has 14 heavy (non-hydrogen) atoms. The normalized spacial score (nSPS) is 35.9. The van der Waals surface area contributed by atoms with E-state index in [-0.39, 0.29) is 13.0 Å². The minimum atomic E-state index is -1.07. The summed E-state index contributed by atoms with van der Waals surface area (Å²) in [7, 11) is 0. The summed E-state index contributed by atoms with van der Waals surface area (Å²) in [6.07, 6.45) is 0.0832. The maximum absolute atomic E-state index is 11.3. The Morgan fingerprint density at radius 1 is 1.50 bits per heavy atom. The molecule has 2 rings (SSSR count). The van der Waals surface area contributed by atoms with E-state index in [2.05, 4.69) is 16.0 Å². The van der Waals surface area contributed by atoms with E-state index in [1.54, 1.807) is 0 Å². The molecule has 0 aromatic heterocycles. The van der Waals surface area contributed by atoms with Gasteiger partial charge in [-0.3, -0.25) is 14.9 Å². The number of urea groups is 1. The molecule has 2 atom stereocenters. The fourth-order valence-corrected chi connectivity index (χ4v) is 1.76. The summed E-state index contributed by atoms with van der Waals surface area (Å²) in [4.78, 5) is 32.8. The summed E-state index contributed by atoms with van der Waals surface area (Å²) in [5.41, 5.74) is -1.07. The molecule has 0 aliphatic carbocycles. The lowest BCUT2D eigenvalue weighted by Gasteiger charge is -2.17. The molecule has 0 aromatic rings. The minimum absolute atomic E-state index is 0.0832. The highest BCUT2D eigenvalue weighted by atomic mass is 16.4. The minimum Gasteiger partial charge on any atom is -0.480 e. The Labute approximate surface area is 78.8 Å². The van der Waals surface area contributed by atoms with Crippen molar-refractivity contribution < 1.29 is 19.5 Å². The van der Waals surface area contributed by atoms with E-state index in [1.807, 2.05) is 0 Å². The topological polar surface area (TPSA) is 108 Å². The molecule has 2 aliphatic rings. The summed E-state index contributed by atoms with van der Waals surface area (Å²) < 4.78 is 0. The first-order chi connectivity index (χ1) is 6.53. The zero-order valence-corrected chi connectivity index (χ0v) is 7.16. The first-order valence-electron chi connectivity index (χ1n) is 4.13. The second-order valence-corrected chi connectivity index (χ2v) is 3.47. The predicted molar refractivity (Wildman–Crippen MR) is 43.4 cm³/mol. The molecule has 2 heterocycles. The number of nitrogens with one attached hydrogen (secondary N) is 3. The predicted octanol–water partition coefficient (Wildman–Crippen LogP) is -1.99. The third kappa shape index (κ3) is 1.13. The van der Waals surface area contributed by atoms with Gasteiger partial charge in [-0.1, -0.05) is 0 Å². The molecule has 0 aromatic carbocycles. The largest absolute Gasteiger partial charge is 0.480 e. The first kappa shape index (κ1) is 8.95. The van der Waals surface area contributed by atoms with E-state index in [9.17, 15) is 14.4 Å². The summed E-state index contributed by atoms with van der Waals surface area (Å²) >= 11 is 0. The van der Waals surface area contributed by atoms with Crippen molar-refractivity contribution >= 4 is 17.9 Å². The number of carbonyl (C=O) groups excluding carboxylic acids is 2. The van der Waals surface area contributed by atoms with Gasteiger partial charge in [0.15, 0.2) is 0 Å². The van der Waals surface area contributed by atoms with Crippen LogP contribution < -0.4 is 16.0 Å². The first-order valence-corrected chi connectivity index (χ1v) is 4.13. The van der Waals surface area contributed by atoms with E-state index in [4.69, 9.17) is 5.11 Å². The molecule has 1 spiro atoms. The van der Waals surface area contributed by atoms with Crippen molar-refractivity contribution in [3.05, 3.63) is 0 Å². The average Bonchev–Trinajstić information content (AvgIpc) is 2.59. The van der Waals surface area contributed by atoms with Gasteiger partial charge in [0.05, 0.1) is 0 Å². The molecule has 3 amide bonds. The second-order valence-electron chi connectivity index (χ2n) is 3.47. The van der Waals surface area contributed by atoms with Gasteiger partial charge < -0.3 is 15.7 Å². The van der Waals surface area contributed by atoms with Crippen LogP contribution in [0.5, 0.6) is 0 Å². The highest BCUT2D eigenvalue weighted by Crippen LogP contribution is 2.22. The van der Waals surface area contributed by atoms with Crippen LogP contribution in [-0.2, 0) is 9.59 Å². The number of carboxylic acids is 1. The van der Waals surface area contributed by atoms with Gasteiger partial charge in [0.2, 0.25) is 0 Å². The number of carbonyl (C=O) groups is 3. The molecule has 2 saturated heterocycles. The van der Waals surface area contributed by atoms with Crippen LogP contribution in [0, 0.1) is 0 Å². The molecular weight excluding hydrogens is 190 g/mol. The van der Waals surface area contributed by atoms with Crippen LogP contribution in [0.1, 0.15) is 6.42 Å².